The minimum atomic E-state index is -0.426. The number of ether oxygens (including phenoxy) is 1. The van der Waals surface area contributed by atoms with Crippen LogP contribution in [0.5, 0.6) is 5.75 Å². The highest BCUT2D eigenvalue weighted by atomic mass is 16.5. The average molecular weight is 231 g/mol. The molecule has 0 unspecified atom stereocenters. The van der Waals surface area contributed by atoms with E-state index in [9.17, 15) is 4.79 Å². The van der Waals surface area contributed by atoms with Gasteiger partial charge in [-0.3, -0.25) is 0 Å². The van der Waals surface area contributed by atoms with E-state index in [2.05, 4.69) is 5.32 Å². The molecule has 88 valence electrons. The zero-order valence-corrected chi connectivity index (χ0v) is 9.69. The Morgan fingerprint density at radius 2 is 2.00 bits per heavy atom. The number of hydrogen-bond donors (Lipinski definition) is 1. The molecule has 1 N–H and O–H groups in total. The van der Waals surface area contributed by atoms with Crippen LogP contribution in [0.2, 0.25) is 0 Å². The fourth-order valence-electron chi connectivity index (χ4n) is 1.62. The summed E-state index contributed by atoms with van der Waals surface area (Å²) in [4.78, 5) is 11.4. The molecule has 0 saturated heterocycles. The first-order valence-electron chi connectivity index (χ1n) is 5.21. The second-order valence-corrected chi connectivity index (χ2v) is 3.48. The van der Waals surface area contributed by atoms with E-state index in [1.54, 1.807) is 6.07 Å². The Hall–Kier alpha value is -2.23. The Morgan fingerprint density at radius 1 is 1.24 bits per heavy atom. The lowest BCUT2D eigenvalue weighted by Crippen LogP contribution is -2.00. The first kappa shape index (κ1) is 11.3. The SMILES string of the molecule is CNc1ccccc1-c1cc(OC)cc(=O)o1. The summed E-state index contributed by atoms with van der Waals surface area (Å²) in [5.41, 5.74) is 1.29. The van der Waals surface area contributed by atoms with Crippen LogP contribution >= 0.6 is 0 Å². The molecule has 0 atom stereocenters. The molecule has 0 aliphatic carbocycles. The van der Waals surface area contributed by atoms with Gasteiger partial charge in [0.05, 0.1) is 13.2 Å². The Morgan fingerprint density at radius 3 is 2.71 bits per heavy atom. The van der Waals surface area contributed by atoms with Gasteiger partial charge in [0.1, 0.15) is 11.5 Å². The van der Waals surface area contributed by atoms with Crippen molar-refractivity contribution in [3.63, 3.8) is 0 Å². The Kier molecular flexibility index (Phi) is 3.14. The van der Waals surface area contributed by atoms with Crippen molar-refractivity contribution in [3.05, 3.63) is 46.8 Å². The number of anilines is 1. The van der Waals surface area contributed by atoms with Crippen molar-refractivity contribution in [3.8, 4) is 17.1 Å². The van der Waals surface area contributed by atoms with Crippen LogP contribution in [0.1, 0.15) is 0 Å². The monoisotopic (exact) mass is 231 g/mol. The van der Waals surface area contributed by atoms with Crippen LogP contribution < -0.4 is 15.7 Å². The smallest absolute Gasteiger partial charge is 0.339 e. The lowest BCUT2D eigenvalue weighted by Gasteiger charge is -2.08. The van der Waals surface area contributed by atoms with Crippen molar-refractivity contribution in [2.24, 2.45) is 0 Å². The van der Waals surface area contributed by atoms with Gasteiger partial charge in [-0.2, -0.15) is 0 Å². The third kappa shape index (κ3) is 2.30. The van der Waals surface area contributed by atoms with Crippen LogP contribution in [0.15, 0.2) is 45.6 Å². The van der Waals surface area contributed by atoms with Crippen molar-refractivity contribution in [1.82, 2.24) is 0 Å². The van der Waals surface area contributed by atoms with E-state index in [0.717, 1.165) is 11.3 Å². The third-order valence-electron chi connectivity index (χ3n) is 2.44. The first-order chi connectivity index (χ1) is 8.24. The van der Waals surface area contributed by atoms with Crippen LogP contribution in [-0.4, -0.2) is 14.2 Å². The predicted molar refractivity (Wildman–Crippen MR) is 66.5 cm³/mol. The van der Waals surface area contributed by atoms with Crippen molar-refractivity contribution in [2.45, 2.75) is 0 Å². The number of nitrogens with one attached hydrogen (secondary N) is 1. The fourth-order valence-corrected chi connectivity index (χ4v) is 1.62. The third-order valence-corrected chi connectivity index (χ3v) is 2.44. The number of hydrogen-bond acceptors (Lipinski definition) is 4. The summed E-state index contributed by atoms with van der Waals surface area (Å²) < 4.78 is 10.2. The fraction of sp³-hybridized carbons (Fsp3) is 0.154. The van der Waals surface area contributed by atoms with Crippen molar-refractivity contribution >= 4 is 5.69 Å². The highest BCUT2D eigenvalue weighted by molar-refractivity contribution is 5.74. The first-order valence-corrected chi connectivity index (χ1v) is 5.21. The van der Waals surface area contributed by atoms with Gasteiger partial charge in [-0.15, -0.1) is 0 Å². The zero-order valence-electron chi connectivity index (χ0n) is 9.69. The highest BCUT2D eigenvalue weighted by Gasteiger charge is 2.08. The maximum Gasteiger partial charge on any atom is 0.339 e. The molecule has 4 nitrogen and oxygen atoms in total. The normalized spacial score (nSPS) is 10.0. The molecule has 2 aromatic rings. The number of rotatable bonds is 3. The van der Waals surface area contributed by atoms with Crippen LogP contribution in [-0.2, 0) is 0 Å². The lowest BCUT2D eigenvalue weighted by atomic mass is 10.1. The molecule has 0 radical (unpaired) electrons. The molecule has 0 saturated carbocycles. The predicted octanol–water partition coefficient (Wildman–Crippen LogP) is 2.36. The van der Waals surface area contributed by atoms with Gasteiger partial charge in [0.2, 0.25) is 0 Å². The Bertz CT molecular complexity index is 575. The topological polar surface area (TPSA) is 51.5 Å². The van der Waals surface area contributed by atoms with Crippen molar-refractivity contribution in [2.75, 3.05) is 19.5 Å². The van der Waals surface area contributed by atoms with Crippen LogP contribution in [0, 0.1) is 0 Å². The molecule has 0 aliphatic rings. The van der Waals surface area contributed by atoms with Gasteiger partial charge >= 0.3 is 5.63 Å². The Balaban J connectivity index is 2.59. The minimum Gasteiger partial charge on any atom is -0.496 e. The summed E-state index contributed by atoms with van der Waals surface area (Å²) >= 11 is 0. The standard InChI is InChI=1S/C13H13NO3/c1-14-11-6-4-3-5-10(11)12-7-9(16-2)8-13(15)17-12/h3-8,14H,1-2H3. The molecule has 1 heterocycles. The Labute approximate surface area is 98.8 Å². The van der Waals surface area contributed by atoms with E-state index in [1.807, 2.05) is 31.3 Å². The molecular formula is C13H13NO3. The van der Waals surface area contributed by atoms with Crippen LogP contribution in [0.3, 0.4) is 0 Å². The number of benzene rings is 1. The van der Waals surface area contributed by atoms with Gasteiger partial charge in [-0.05, 0) is 12.1 Å². The molecule has 2 rings (SSSR count). The maximum atomic E-state index is 11.4. The minimum absolute atomic E-state index is 0.426. The molecule has 0 fully saturated rings. The quantitative estimate of drug-likeness (QED) is 0.881. The zero-order chi connectivity index (χ0) is 12.3. The lowest BCUT2D eigenvalue weighted by molar-refractivity contribution is 0.404. The van der Waals surface area contributed by atoms with E-state index in [0.29, 0.717) is 11.5 Å². The molecule has 17 heavy (non-hydrogen) atoms. The van der Waals surface area contributed by atoms with Crippen LogP contribution in [0.4, 0.5) is 5.69 Å². The van der Waals surface area contributed by atoms with Crippen LogP contribution in [0.25, 0.3) is 11.3 Å². The second-order valence-electron chi connectivity index (χ2n) is 3.48. The van der Waals surface area contributed by atoms with Gasteiger partial charge in [0.25, 0.3) is 0 Å². The van der Waals surface area contributed by atoms with Gasteiger partial charge in [-0.25, -0.2) is 4.79 Å². The molecule has 0 bridgehead atoms. The van der Waals surface area contributed by atoms with Gasteiger partial charge in [0.15, 0.2) is 0 Å². The summed E-state index contributed by atoms with van der Waals surface area (Å²) in [5, 5.41) is 3.05. The van der Waals surface area contributed by atoms with E-state index in [4.69, 9.17) is 9.15 Å². The molecule has 0 spiro atoms. The molecule has 1 aromatic heterocycles. The van der Waals surface area contributed by atoms with E-state index in [-0.39, 0.29) is 0 Å². The van der Waals surface area contributed by atoms with Gasteiger partial charge in [-0.1, -0.05) is 12.1 Å². The summed E-state index contributed by atoms with van der Waals surface area (Å²) in [6, 6.07) is 10.6. The number of para-hydroxylation sites is 1. The summed E-state index contributed by atoms with van der Waals surface area (Å²) in [6.45, 7) is 0. The molecular weight excluding hydrogens is 218 g/mol. The summed E-state index contributed by atoms with van der Waals surface area (Å²) in [6.07, 6.45) is 0. The largest absolute Gasteiger partial charge is 0.496 e. The molecule has 0 amide bonds. The van der Waals surface area contributed by atoms with Crippen molar-refractivity contribution < 1.29 is 9.15 Å². The number of methoxy groups -OCH3 is 1. The molecule has 4 heteroatoms. The average Bonchev–Trinajstić information content (AvgIpc) is 2.37. The molecule has 1 aromatic carbocycles. The van der Waals surface area contributed by atoms with Crippen molar-refractivity contribution in [1.29, 1.82) is 0 Å². The summed E-state index contributed by atoms with van der Waals surface area (Å²) in [7, 11) is 3.33. The maximum absolute atomic E-state index is 11.4. The van der Waals surface area contributed by atoms with E-state index in [1.165, 1.54) is 13.2 Å². The second kappa shape index (κ2) is 4.74. The molecule has 0 aliphatic heterocycles. The highest BCUT2D eigenvalue weighted by Crippen LogP contribution is 2.28. The van der Waals surface area contributed by atoms with E-state index >= 15 is 0 Å². The van der Waals surface area contributed by atoms with Gasteiger partial charge in [0, 0.05) is 24.4 Å². The summed E-state index contributed by atoms with van der Waals surface area (Å²) in [5.74, 6) is 0.974. The van der Waals surface area contributed by atoms with E-state index < -0.39 is 5.63 Å². The van der Waals surface area contributed by atoms with Gasteiger partial charge < -0.3 is 14.5 Å².